The van der Waals surface area contributed by atoms with Crippen molar-refractivity contribution in [1.82, 2.24) is 0 Å². The Balaban J connectivity index is 0.000000117. The molecule has 8 aromatic carbocycles. The fourth-order valence-corrected chi connectivity index (χ4v) is 6.22. The maximum Gasteiger partial charge on any atom is -0.00199 e. The summed E-state index contributed by atoms with van der Waals surface area (Å²) >= 11 is 0. The highest BCUT2D eigenvalue weighted by molar-refractivity contribution is 6.24. The summed E-state index contributed by atoms with van der Waals surface area (Å²) in [5.41, 5.74) is 5.48. The second kappa shape index (κ2) is 7.41. The Morgan fingerprint density at radius 1 is 0.250 bits per heavy atom. The molecule has 0 spiro atoms. The molecule has 9 rings (SSSR count). The van der Waals surface area contributed by atoms with Crippen molar-refractivity contribution in [3.8, 4) is 22.3 Å². The van der Waals surface area contributed by atoms with Crippen LogP contribution in [-0.2, 0) is 0 Å². The number of benzene rings is 8. The predicted octanol–water partition coefficient (Wildman–Crippen LogP) is 10.2. The minimum Gasteiger partial charge on any atom is -0.0616 e. The highest BCUT2D eigenvalue weighted by Crippen LogP contribution is 2.48. The summed E-state index contributed by atoms with van der Waals surface area (Å²) in [6.07, 6.45) is 0. The summed E-state index contributed by atoms with van der Waals surface area (Å²) in [4.78, 5) is 0. The molecule has 36 heavy (non-hydrogen) atoms. The minimum atomic E-state index is 1.32. The van der Waals surface area contributed by atoms with Crippen LogP contribution in [0.25, 0.3) is 76.1 Å². The molecule has 8 aromatic rings. The van der Waals surface area contributed by atoms with Crippen molar-refractivity contribution in [1.29, 1.82) is 0 Å². The summed E-state index contributed by atoms with van der Waals surface area (Å²) in [6.45, 7) is 0. The van der Waals surface area contributed by atoms with E-state index < -0.39 is 0 Å². The first-order valence-electron chi connectivity index (χ1n) is 12.5. The molecule has 0 unspecified atom stereocenters. The molecule has 0 aliphatic heterocycles. The van der Waals surface area contributed by atoms with Gasteiger partial charge in [-0.15, -0.1) is 0 Å². The van der Waals surface area contributed by atoms with Gasteiger partial charge in [0.1, 0.15) is 0 Å². The van der Waals surface area contributed by atoms with Gasteiger partial charge in [-0.2, -0.15) is 0 Å². The fraction of sp³-hybridized carbons (Fsp3) is 0. The van der Waals surface area contributed by atoms with Crippen LogP contribution >= 0.6 is 0 Å². The summed E-state index contributed by atoms with van der Waals surface area (Å²) in [6, 6.07) is 48.3. The van der Waals surface area contributed by atoms with Crippen LogP contribution in [0.3, 0.4) is 0 Å². The van der Waals surface area contributed by atoms with Crippen LogP contribution in [-0.4, -0.2) is 0 Å². The van der Waals surface area contributed by atoms with Crippen LogP contribution in [0.1, 0.15) is 0 Å². The molecular formula is C36H22. The molecule has 0 fully saturated rings. The van der Waals surface area contributed by atoms with Gasteiger partial charge in [0.05, 0.1) is 0 Å². The van der Waals surface area contributed by atoms with Crippen molar-refractivity contribution >= 4 is 53.9 Å². The van der Waals surface area contributed by atoms with Crippen molar-refractivity contribution in [3.05, 3.63) is 133 Å². The standard InChI is InChI=1S/C20H12.C16H10/c1-2-7-14-13(6-1)12-19-16-9-4-3-8-15(16)18-11-5-10-17(14)20(18)19;1-3-11-7-9-13-5-2-6-14-10-8-12(4-1)15(11)16(13)14/h1-12H;1-10H. The Hall–Kier alpha value is -4.68. The molecule has 0 heterocycles. The van der Waals surface area contributed by atoms with E-state index in [1.807, 2.05) is 0 Å². The zero-order chi connectivity index (χ0) is 23.6. The lowest BCUT2D eigenvalue weighted by molar-refractivity contribution is 1.70. The molecule has 0 saturated heterocycles. The van der Waals surface area contributed by atoms with Crippen LogP contribution in [0, 0.1) is 0 Å². The quantitative estimate of drug-likeness (QED) is 0.200. The zero-order valence-electron chi connectivity index (χ0n) is 19.7. The lowest BCUT2D eigenvalue weighted by Crippen LogP contribution is -1.82. The molecule has 1 aliphatic carbocycles. The van der Waals surface area contributed by atoms with Gasteiger partial charge in [0.25, 0.3) is 0 Å². The first-order valence-corrected chi connectivity index (χ1v) is 12.5. The molecule has 1 aliphatic rings. The number of hydrogen-bond acceptors (Lipinski definition) is 0. The van der Waals surface area contributed by atoms with Gasteiger partial charge in [-0.1, -0.05) is 127 Å². The Morgan fingerprint density at radius 3 is 1.33 bits per heavy atom. The highest BCUT2D eigenvalue weighted by Gasteiger charge is 2.21. The Kier molecular flexibility index (Phi) is 4.03. The Bertz CT molecular complexity index is 1960. The largest absolute Gasteiger partial charge is 0.0616 e. The maximum atomic E-state index is 2.34. The zero-order valence-corrected chi connectivity index (χ0v) is 19.7. The Morgan fingerprint density at radius 2 is 0.694 bits per heavy atom. The first-order chi connectivity index (χ1) is 17.9. The van der Waals surface area contributed by atoms with Gasteiger partial charge in [0.15, 0.2) is 0 Å². The van der Waals surface area contributed by atoms with Crippen molar-refractivity contribution in [2.24, 2.45) is 0 Å². The molecule has 166 valence electrons. The third kappa shape index (κ3) is 2.70. The van der Waals surface area contributed by atoms with Crippen LogP contribution in [0.5, 0.6) is 0 Å². The van der Waals surface area contributed by atoms with Gasteiger partial charge in [-0.25, -0.2) is 0 Å². The molecule has 0 aromatic heterocycles. The average Bonchev–Trinajstić information content (AvgIpc) is 3.27. The van der Waals surface area contributed by atoms with Gasteiger partial charge in [-0.05, 0) is 82.2 Å². The van der Waals surface area contributed by atoms with E-state index in [2.05, 4.69) is 133 Å². The van der Waals surface area contributed by atoms with Crippen molar-refractivity contribution in [3.63, 3.8) is 0 Å². The molecule has 0 heteroatoms. The van der Waals surface area contributed by atoms with Crippen molar-refractivity contribution < 1.29 is 0 Å². The molecule has 0 N–H and O–H groups in total. The monoisotopic (exact) mass is 454 g/mol. The first kappa shape index (κ1) is 19.6. The summed E-state index contributed by atoms with van der Waals surface area (Å²) < 4.78 is 0. The molecule has 0 radical (unpaired) electrons. The summed E-state index contributed by atoms with van der Waals surface area (Å²) in [5.74, 6) is 0. The number of hydrogen-bond donors (Lipinski definition) is 0. The van der Waals surface area contributed by atoms with Gasteiger partial charge >= 0.3 is 0 Å². The topological polar surface area (TPSA) is 0 Å². The number of rotatable bonds is 0. The highest BCUT2D eigenvalue weighted by atomic mass is 14.2. The van der Waals surface area contributed by atoms with E-state index in [0.717, 1.165) is 0 Å². The molecule has 0 bridgehead atoms. The van der Waals surface area contributed by atoms with Crippen LogP contribution in [0.15, 0.2) is 133 Å². The van der Waals surface area contributed by atoms with Gasteiger partial charge in [0.2, 0.25) is 0 Å². The molecule has 0 amide bonds. The molecule has 0 saturated carbocycles. The summed E-state index contributed by atoms with van der Waals surface area (Å²) in [5, 5.41) is 13.6. The second-order valence-electron chi connectivity index (χ2n) is 9.71. The van der Waals surface area contributed by atoms with E-state index >= 15 is 0 Å². The van der Waals surface area contributed by atoms with Gasteiger partial charge in [-0.3, -0.25) is 0 Å². The lowest BCUT2D eigenvalue weighted by atomic mass is 9.95. The van der Waals surface area contributed by atoms with Gasteiger partial charge in [0, 0.05) is 0 Å². The van der Waals surface area contributed by atoms with Crippen LogP contribution in [0.2, 0.25) is 0 Å². The van der Waals surface area contributed by atoms with E-state index in [4.69, 9.17) is 0 Å². The molecular weight excluding hydrogens is 432 g/mol. The Labute approximate surface area is 209 Å². The normalized spacial score (nSPS) is 11.9. The smallest absolute Gasteiger partial charge is 0.00199 e. The maximum absolute atomic E-state index is 2.34. The van der Waals surface area contributed by atoms with Crippen LogP contribution < -0.4 is 0 Å². The SMILES string of the molecule is c1cc2ccc3cccc4ccc(c1)c2c34.c1ccc2c(c1)-c1cccc3c1c-2cc1ccccc13. The minimum absolute atomic E-state index is 1.32. The third-order valence-corrected chi connectivity index (χ3v) is 7.78. The lowest BCUT2D eigenvalue weighted by Gasteiger charge is -2.09. The fourth-order valence-electron chi connectivity index (χ4n) is 6.22. The average molecular weight is 455 g/mol. The van der Waals surface area contributed by atoms with Crippen molar-refractivity contribution in [2.75, 3.05) is 0 Å². The van der Waals surface area contributed by atoms with E-state index in [0.29, 0.717) is 0 Å². The van der Waals surface area contributed by atoms with Crippen LogP contribution in [0.4, 0.5) is 0 Å². The summed E-state index contributed by atoms with van der Waals surface area (Å²) in [7, 11) is 0. The van der Waals surface area contributed by atoms with E-state index in [9.17, 15) is 0 Å². The van der Waals surface area contributed by atoms with E-state index in [1.165, 1.54) is 76.1 Å². The van der Waals surface area contributed by atoms with E-state index in [-0.39, 0.29) is 0 Å². The predicted molar refractivity (Wildman–Crippen MR) is 156 cm³/mol. The van der Waals surface area contributed by atoms with Crippen molar-refractivity contribution in [2.45, 2.75) is 0 Å². The van der Waals surface area contributed by atoms with Gasteiger partial charge < -0.3 is 0 Å². The molecule has 0 nitrogen and oxygen atoms in total. The second-order valence-corrected chi connectivity index (χ2v) is 9.71. The third-order valence-electron chi connectivity index (χ3n) is 7.78. The van der Waals surface area contributed by atoms with E-state index in [1.54, 1.807) is 0 Å². The number of fused-ring (bicyclic) bond motifs is 5. The molecule has 0 atom stereocenters.